The first kappa shape index (κ1) is 17.6. The highest BCUT2D eigenvalue weighted by Gasteiger charge is 2.21. The van der Waals surface area contributed by atoms with E-state index >= 15 is 0 Å². The maximum Gasteiger partial charge on any atom is 0.344 e. The minimum atomic E-state index is -0.564. The number of methoxy groups -OCH3 is 3. The Bertz CT molecular complexity index is 1050. The molecular formula is C19H18O7. The molecule has 7 nitrogen and oxygen atoms in total. The fraction of sp³-hybridized carbons (Fsp3) is 0.263. The van der Waals surface area contributed by atoms with Crippen LogP contribution in [-0.2, 0) is 4.79 Å². The predicted molar refractivity (Wildman–Crippen MR) is 95.6 cm³/mol. The molecular weight excluding hydrogens is 340 g/mol. The van der Waals surface area contributed by atoms with Crippen molar-refractivity contribution in [3.63, 3.8) is 0 Å². The minimum absolute atomic E-state index is 0.241. The zero-order chi connectivity index (χ0) is 18.8. The summed E-state index contributed by atoms with van der Waals surface area (Å²) in [6.45, 7) is 1.70. The monoisotopic (exact) mass is 358 g/mol. The van der Waals surface area contributed by atoms with Crippen LogP contribution in [0, 0.1) is 0 Å². The van der Waals surface area contributed by atoms with Crippen molar-refractivity contribution in [2.24, 2.45) is 0 Å². The summed E-state index contributed by atoms with van der Waals surface area (Å²) < 4.78 is 26.8. The van der Waals surface area contributed by atoms with Crippen molar-refractivity contribution in [1.82, 2.24) is 0 Å². The summed E-state index contributed by atoms with van der Waals surface area (Å²) in [6, 6.07) is 6.38. The molecule has 0 saturated heterocycles. The molecule has 2 aromatic carbocycles. The Labute approximate surface area is 149 Å². The topological polar surface area (TPSA) is 84.2 Å². The summed E-state index contributed by atoms with van der Waals surface area (Å²) in [7, 11) is 4.44. The van der Waals surface area contributed by atoms with Gasteiger partial charge in [0.05, 0.1) is 26.7 Å². The molecule has 0 radical (unpaired) electrons. The van der Waals surface area contributed by atoms with Gasteiger partial charge in [-0.1, -0.05) is 6.92 Å². The Morgan fingerprint density at radius 1 is 1.00 bits per heavy atom. The van der Waals surface area contributed by atoms with Gasteiger partial charge >= 0.3 is 11.6 Å². The van der Waals surface area contributed by atoms with E-state index in [1.54, 1.807) is 25.1 Å². The second kappa shape index (κ2) is 6.95. The fourth-order valence-corrected chi connectivity index (χ4v) is 2.80. The molecule has 0 amide bonds. The first-order chi connectivity index (χ1) is 12.5. The Morgan fingerprint density at radius 2 is 1.73 bits per heavy atom. The van der Waals surface area contributed by atoms with Gasteiger partial charge in [-0.25, -0.2) is 4.79 Å². The van der Waals surface area contributed by atoms with Crippen LogP contribution in [0.3, 0.4) is 0 Å². The summed E-state index contributed by atoms with van der Waals surface area (Å²) in [5, 5.41) is 1.45. The number of hydrogen-bond donors (Lipinski definition) is 0. The van der Waals surface area contributed by atoms with E-state index in [2.05, 4.69) is 0 Å². The zero-order valence-corrected chi connectivity index (χ0v) is 14.9. The molecule has 0 atom stereocenters. The molecule has 0 aliphatic carbocycles. The van der Waals surface area contributed by atoms with E-state index in [9.17, 15) is 9.59 Å². The molecule has 0 aliphatic heterocycles. The Hall–Kier alpha value is -3.22. The van der Waals surface area contributed by atoms with E-state index in [0.29, 0.717) is 39.2 Å². The molecule has 3 aromatic rings. The lowest BCUT2D eigenvalue weighted by Crippen LogP contribution is -2.06. The van der Waals surface area contributed by atoms with Crippen LogP contribution in [-0.4, -0.2) is 27.3 Å². The van der Waals surface area contributed by atoms with Crippen LogP contribution in [0.15, 0.2) is 33.5 Å². The van der Waals surface area contributed by atoms with Gasteiger partial charge < -0.3 is 23.4 Å². The van der Waals surface area contributed by atoms with Crippen molar-refractivity contribution >= 4 is 27.7 Å². The highest BCUT2D eigenvalue weighted by molar-refractivity contribution is 6.10. The van der Waals surface area contributed by atoms with E-state index in [4.69, 9.17) is 23.4 Å². The van der Waals surface area contributed by atoms with Crippen molar-refractivity contribution < 1.29 is 28.2 Å². The number of carbonyl (C=O) groups is 1. The summed E-state index contributed by atoms with van der Waals surface area (Å²) in [4.78, 5) is 24.0. The maximum absolute atomic E-state index is 12.5. The third-order valence-electron chi connectivity index (χ3n) is 4.00. The normalized spacial score (nSPS) is 10.8. The van der Waals surface area contributed by atoms with Gasteiger partial charge in [0.25, 0.3) is 0 Å². The SMILES string of the molecule is CCC(=O)Oc1ccc2c(c1)oc(=O)c1cc(OC)c(OC)c(OC)c12. The summed E-state index contributed by atoms with van der Waals surface area (Å²) in [5.74, 6) is 1.01. The summed E-state index contributed by atoms with van der Waals surface area (Å²) >= 11 is 0. The van der Waals surface area contributed by atoms with Gasteiger partial charge in [-0.3, -0.25) is 4.79 Å². The Balaban J connectivity index is 2.37. The van der Waals surface area contributed by atoms with Crippen molar-refractivity contribution in [1.29, 1.82) is 0 Å². The van der Waals surface area contributed by atoms with Gasteiger partial charge in [0.2, 0.25) is 5.75 Å². The number of benzene rings is 2. The number of fused-ring (bicyclic) bond motifs is 3. The van der Waals surface area contributed by atoms with Crippen LogP contribution < -0.4 is 24.6 Å². The molecule has 0 spiro atoms. The standard InChI is InChI=1S/C19H18O7/c1-5-15(20)25-10-6-7-11-13(8-10)26-19(21)12-9-14(22-2)17(23-3)18(24-4)16(11)12/h6-9H,5H2,1-4H3. The van der Waals surface area contributed by atoms with Crippen molar-refractivity contribution in [3.05, 3.63) is 34.7 Å². The van der Waals surface area contributed by atoms with E-state index in [1.807, 2.05) is 0 Å². The van der Waals surface area contributed by atoms with E-state index in [0.717, 1.165) is 0 Å². The molecule has 0 unspecified atom stereocenters. The Kier molecular flexibility index (Phi) is 4.71. The average molecular weight is 358 g/mol. The van der Waals surface area contributed by atoms with Gasteiger partial charge in [-0.15, -0.1) is 0 Å². The predicted octanol–water partition coefficient (Wildman–Crippen LogP) is 3.29. The van der Waals surface area contributed by atoms with Gasteiger partial charge in [-0.05, 0) is 18.2 Å². The van der Waals surface area contributed by atoms with E-state index < -0.39 is 5.63 Å². The molecule has 0 saturated carbocycles. The van der Waals surface area contributed by atoms with E-state index in [-0.39, 0.29) is 18.0 Å². The van der Waals surface area contributed by atoms with Gasteiger partial charge in [0, 0.05) is 23.3 Å². The second-order valence-corrected chi connectivity index (χ2v) is 5.44. The van der Waals surface area contributed by atoms with E-state index in [1.165, 1.54) is 27.4 Å². The number of esters is 1. The average Bonchev–Trinajstić information content (AvgIpc) is 2.66. The highest BCUT2D eigenvalue weighted by Crippen LogP contribution is 2.45. The molecule has 3 rings (SSSR count). The van der Waals surface area contributed by atoms with Crippen molar-refractivity contribution in [2.45, 2.75) is 13.3 Å². The molecule has 0 aliphatic rings. The molecule has 0 bridgehead atoms. The maximum atomic E-state index is 12.5. The van der Waals surface area contributed by atoms with Gasteiger partial charge in [0.15, 0.2) is 11.5 Å². The fourth-order valence-electron chi connectivity index (χ4n) is 2.80. The molecule has 136 valence electrons. The number of carbonyl (C=O) groups excluding carboxylic acids is 1. The molecule has 1 heterocycles. The molecule has 0 N–H and O–H groups in total. The molecule has 26 heavy (non-hydrogen) atoms. The second-order valence-electron chi connectivity index (χ2n) is 5.44. The lowest BCUT2D eigenvalue weighted by molar-refractivity contribution is -0.134. The van der Waals surface area contributed by atoms with Gasteiger partial charge in [0.1, 0.15) is 11.3 Å². The minimum Gasteiger partial charge on any atom is -0.493 e. The van der Waals surface area contributed by atoms with Crippen LogP contribution in [0.2, 0.25) is 0 Å². The smallest absolute Gasteiger partial charge is 0.344 e. The quantitative estimate of drug-likeness (QED) is 0.299. The number of rotatable bonds is 5. The van der Waals surface area contributed by atoms with Crippen molar-refractivity contribution in [2.75, 3.05) is 21.3 Å². The van der Waals surface area contributed by atoms with Gasteiger partial charge in [-0.2, -0.15) is 0 Å². The largest absolute Gasteiger partial charge is 0.493 e. The lowest BCUT2D eigenvalue weighted by Gasteiger charge is -2.15. The third-order valence-corrected chi connectivity index (χ3v) is 4.00. The third kappa shape index (κ3) is 2.81. The van der Waals surface area contributed by atoms with Crippen LogP contribution in [0.1, 0.15) is 13.3 Å². The summed E-state index contributed by atoms with van der Waals surface area (Å²) in [6.07, 6.45) is 0.241. The molecule has 7 heteroatoms. The van der Waals surface area contributed by atoms with Crippen LogP contribution in [0.4, 0.5) is 0 Å². The molecule has 0 fully saturated rings. The highest BCUT2D eigenvalue weighted by atomic mass is 16.5. The number of hydrogen-bond acceptors (Lipinski definition) is 7. The van der Waals surface area contributed by atoms with Crippen LogP contribution in [0.5, 0.6) is 23.0 Å². The first-order valence-corrected chi connectivity index (χ1v) is 7.94. The Morgan fingerprint density at radius 3 is 2.35 bits per heavy atom. The first-order valence-electron chi connectivity index (χ1n) is 7.94. The number of ether oxygens (including phenoxy) is 4. The summed E-state index contributed by atoms with van der Waals surface area (Å²) in [5.41, 5.74) is -0.292. The van der Waals surface area contributed by atoms with Crippen molar-refractivity contribution in [3.8, 4) is 23.0 Å². The molecule has 1 aromatic heterocycles. The zero-order valence-electron chi connectivity index (χ0n) is 14.9. The lowest BCUT2D eigenvalue weighted by atomic mass is 10.0. The van der Waals surface area contributed by atoms with Crippen LogP contribution in [0.25, 0.3) is 21.7 Å². The van der Waals surface area contributed by atoms with Crippen LogP contribution >= 0.6 is 0 Å².